The Morgan fingerprint density at radius 1 is 1.52 bits per heavy atom. The average molecular weight is 313 g/mol. The van der Waals surface area contributed by atoms with Crippen molar-refractivity contribution in [3.05, 3.63) is 23.0 Å². The summed E-state index contributed by atoms with van der Waals surface area (Å²) in [7, 11) is 0. The molecule has 2 unspecified atom stereocenters. The zero-order chi connectivity index (χ0) is 15.8. The summed E-state index contributed by atoms with van der Waals surface area (Å²) >= 11 is 5.98. The van der Waals surface area contributed by atoms with Gasteiger partial charge in [-0.3, -0.25) is 9.59 Å². The van der Waals surface area contributed by atoms with E-state index in [1.807, 2.05) is 13.8 Å². The lowest BCUT2D eigenvalue weighted by molar-refractivity contribution is -0.148. The molecule has 0 aliphatic heterocycles. The number of aromatic nitrogens is 1. The fourth-order valence-electron chi connectivity index (χ4n) is 2.94. The minimum atomic E-state index is -0.894. The van der Waals surface area contributed by atoms with E-state index in [1.54, 1.807) is 23.8 Å². The Bertz CT molecular complexity index is 567. The number of nitrogens with one attached hydrogen (secondary N) is 1. The van der Waals surface area contributed by atoms with Crippen LogP contribution in [0.15, 0.2) is 12.3 Å². The van der Waals surface area contributed by atoms with Crippen LogP contribution in [0, 0.1) is 5.41 Å². The van der Waals surface area contributed by atoms with Crippen molar-refractivity contribution >= 4 is 23.5 Å². The summed E-state index contributed by atoms with van der Waals surface area (Å²) in [6.45, 7) is 5.62. The molecule has 1 saturated carbocycles. The molecule has 1 aromatic heterocycles. The molecule has 1 amide bonds. The zero-order valence-electron chi connectivity index (χ0n) is 12.5. The molecule has 0 radical (unpaired) electrons. The Morgan fingerprint density at radius 3 is 2.76 bits per heavy atom. The van der Waals surface area contributed by atoms with Crippen molar-refractivity contribution in [3.63, 3.8) is 0 Å². The van der Waals surface area contributed by atoms with Gasteiger partial charge in [-0.25, -0.2) is 0 Å². The molecular weight excluding hydrogens is 292 g/mol. The summed E-state index contributed by atoms with van der Waals surface area (Å²) in [5.74, 6) is -1.13. The number of carbonyl (C=O) groups excluding carboxylic acids is 1. The molecule has 5 nitrogen and oxygen atoms in total. The van der Waals surface area contributed by atoms with Gasteiger partial charge < -0.3 is 15.0 Å². The normalized spacial score (nSPS) is 25.3. The molecule has 116 valence electrons. The number of carboxylic acid groups (broad SMARTS) is 1. The van der Waals surface area contributed by atoms with Crippen LogP contribution in [0.4, 0.5) is 0 Å². The monoisotopic (exact) mass is 312 g/mol. The number of hydrogen-bond acceptors (Lipinski definition) is 2. The first-order chi connectivity index (χ1) is 9.75. The second kappa shape index (κ2) is 5.72. The van der Waals surface area contributed by atoms with Gasteiger partial charge in [-0.15, -0.1) is 0 Å². The molecule has 2 rings (SSSR count). The van der Waals surface area contributed by atoms with E-state index >= 15 is 0 Å². The summed E-state index contributed by atoms with van der Waals surface area (Å²) in [6.07, 6.45) is 3.79. The highest BCUT2D eigenvalue weighted by Gasteiger charge is 2.46. The Kier molecular flexibility index (Phi) is 4.33. The third-order valence-electron chi connectivity index (χ3n) is 4.36. The topological polar surface area (TPSA) is 71.3 Å². The van der Waals surface area contributed by atoms with Crippen LogP contribution in [0.25, 0.3) is 0 Å². The standard InChI is InChI=1S/C15H21ClN2O3/c1-9(2)18-8-10(16)7-11(18)13(19)17-12-5-4-6-15(12,3)14(20)21/h7-9,12H,4-6H2,1-3H3,(H,17,19)(H,20,21). The summed E-state index contributed by atoms with van der Waals surface area (Å²) < 4.78 is 1.80. The van der Waals surface area contributed by atoms with Crippen molar-refractivity contribution < 1.29 is 14.7 Å². The second-order valence-corrected chi connectivity index (χ2v) is 6.62. The summed E-state index contributed by atoms with van der Waals surface area (Å²) in [6, 6.07) is 1.37. The van der Waals surface area contributed by atoms with Gasteiger partial charge in [-0.2, -0.15) is 0 Å². The van der Waals surface area contributed by atoms with Crippen LogP contribution in [-0.4, -0.2) is 27.6 Å². The molecule has 21 heavy (non-hydrogen) atoms. The summed E-state index contributed by atoms with van der Waals surface area (Å²) in [4.78, 5) is 23.9. The van der Waals surface area contributed by atoms with E-state index in [-0.39, 0.29) is 18.0 Å². The fourth-order valence-corrected chi connectivity index (χ4v) is 3.15. The Morgan fingerprint density at radius 2 is 2.19 bits per heavy atom. The van der Waals surface area contributed by atoms with Crippen molar-refractivity contribution in [2.24, 2.45) is 5.41 Å². The third-order valence-corrected chi connectivity index (χ3v) is 4.56. The van der Waals surface area contributed by atoms with Crippen LogP contribution in [0.5, 0.6) is 0 Å². The molecule has 2 N–H and O–H groups in total. The van der Waals surface area contributed by atoms with Gasteiger partial charge in [0.25, 0.3) is 5.91 Å². The number of aliphatic carboxylic acids is 1. The lowest BCUT2D eigenvalue weighted by Crippen LogP contribution is -2.47. The zero-order valence-corrected chi connectivity index (χ0v) is 13.3. The summed E-state index contributed by atoms with van der Waals surface area (Å²) in [5.41, 5.74) is -0.427. The van der Waals surface area contributed by atoms with E-state index in [0.717, 1.165) is 6.42 Å². The van der Waals surface area contributed by atoms with Gasteiger partial charge >= 0.3 is 5.97 Å². The average Bonchev–Trinajstić information content (AvgIpc) is 2.95. The smallest absolute Gasteiger partial charge is 0.311 e. The maximum atomic E-state index is 12.5. The van der Waals surface area contributed by atoms with Gasteiger partial charge in [0.05, 0.1) is 10.4 Å². The molecule has 0 bridgehead atoms. The molecule has 6 heteroatoms. The molecule has 0 saturated heterocycles. The Hall–Kier alpha value is -1.49. The minimum absolute atomic E-state index is 0.104. The van der Waals surface area contributed by atoms with E-state index in [0.29, 0.717) is 23.6 Å². The number of halogens is 1. The highest BCUT2D eigenvalue weighted by atomic mass is 35.5. The van der Waals surface area contributed by atoms with E-state index < -0.39 is 11.4 Å². The van der Waals surface area contributed by atoms with E-state index in [4.69, 9.17) is 11.6 Å². The van der Waals surface area contributed by atoms with Crippen LogP contribution >= 0.6 is 11.6 Å². The molecule has 2 atom stereocenters. The SMILES string of the molecule is CC(C)n1cc(Cl)cc1C(=O)NC1CCCC1(C)C(=O)O. The van der Waals surface area contributed by atoms with Gasteiger partial charge in [-0.05, 0) is 39.7 Å². The Labute approximate surface area is 129 Å². The Balaban J connectivity index is 2.21. The number of hydrogen-bond donors (Lipinski definition) is 2. The number of nitrogens with zero attached hydrogens (tertiary/aromatic N) is 1. The first kappa shape index (κ1) is 15.9. The van der Waals surface area contributed by atoms with Crippen LogP contribution in [0.2, 0.25) is 5.02 Å². The predicted molar refractivity (Wildman–Crippen MR) is 80.7 cm³/mol. The second-order valence-electron chi connectivity index (χ2n) is 6.19. The number of rotatable bonds is 4. The van der Waals surface area contributed by atoms with Crippen molar-refractivity contribution in [1.29, 1.82) is 0 Å². The van der Waals surface area contributed by atoms with E-state index in [9.17, 15) is 14.7 Å². The van der Waals surface area contributed by atoms with Crippen LogP contribution in [0.1, 0.15) is 56.6 Å². The van der Waals surface area contributed by atoms with Crippen molar-refractivity contribution in [3.8, 4) is 0 Å². The molecule has 1 aromatic rings. The quantitative estimate of drug-likeness (QED) is 0.897. The molecular formula is C15H21ClN2O3. The van der Waals surface area contributed by atoms with Gasteiger partial charge in [0, 0.05) is 18.3 Å². The van der Waals surface area contributed by atoms with Crippen molar-refractivity contribution in [2.75, 3.05) is 0 Å². The molecule has 0 aromatic carbocycles. The van der Waals surface area contributed by atoms with Crippen molar-refractivity contribution in [1.82, 2.24) is 9.88 Å². The van der Waals surface area contributed by atoms with Crippen LogP contribution < -0.4 is 5.32 Å². The molecule has 1 aliphatic carbocycles. The van der Waals surface area contributed by atoms with Crippen LogP contribution in [0.3, 0.4) is 0 Å². The minimum Gasteiger partial charge on any atom is -0.481 e. The maximum absolute atomic E-state index is 12.5. The number of carboxylic acids is 1. The van der Waals surface area contributed by atoms with Crippen LogP contribution in [-0.2, 0) is 4.79 Å². The van der Waals surface area contributed by atoms with E-state index in [1.165, 1.54) is 0 Å². The predicted octanol–water partition coefficient (Wildman–Crippen LogP) is 3.10. The largest absolute Gasteiger partial charge is 0.481 e. The molecule has 1 heterocycles. The lowest BCUT2D eigenvalue weighted by atomic mass is 9.85. The first-order valence-electron chi connectivity index (χ1n) is 7.17. The van der Waals surface area contributed by atoms with Crippen molar-refractivity contribution in [2.45, 2.75) is 52.1 Å². The number of carbonyl (C=O) groups is 2. The number of amides is 1. The molecule has 0 spiro atoms. The van der Waals surface area contributed by atoms with Gasteiger partial charge in [0.1, 0.15) is 5.69 Å². The lowest BCUT2D eigenvalue weighted by Gasteiger charge is -2.28. The molecule has 1 fully saturated rings. The third kappa shape index (κ3) is 2.93. The fraction of sp³-hybridized carbons (Fsp3) is 0.600. The van der Waals surface area contributed by atoms with Gasteiger partial charge in [0.15, 0.2) is 0 Å². The maximum Gasteiger partial charge on any atom is 0.311 e. The summed E-state index contributed by atoms with van der Waals surface area (Å²) in [5, 5.41) is 12.8. The first-order valence-corrected chi connectivity index (χ1v) is 7.55. The van der Waals surface area contributed by atoms with Gasteiger partial charge in [0.2, 0.25) is 0 Å². The van der Waals surface area contributed by atoms with E-state index in [2.05, 4.69) is 5.32 Å². The highest BCUT2D eigenvalue weighted by Crippen LogP contribution is 2.38. The molecule has 1 aliphatic rings. The van der Waals surface area contributed by atoms with Gasteiger partial charge in [-0.1, -0.05) is 18.0 Å². The highest BCUT2D eigenvalue weighted by molar-refractivity contribution is 6.31.